The normalized spacial score (nSPS) is 19.7. The van der Waals surface area contributed by atoms with E-state index in [0.29, 0.717) is 5.56 Å². The highest BCUT2D eigenvalue weighted by Gasteiger charge is 2.31. The van der Waals surface area contributed by atoms with E-state index in [1.54, 1.807) is 12.4 Å². The lowest BCUT2D eigenvalue weighted by atomic mass is 10.1. The average Bonchev–Trinajstić information content (AvgIpc) is 3.11. The number of likely N-dealkylation sites (tertiary alicyclic amines) is 1. The summed E-state index contributed by atoms with van der Waals surface area (Å²) >= 11 is 0. The lowest BCUT2D eigenvalue weighted by molar-refractivity contribution is 0.0735. The van der Waals surface area contributed by atoms with Crippen LogP contribution < -0.4 is 10.6 Å². The Morgan fingerprint density at radius 1 is 1.26 bits per heavy atom. The molecule has 0 radical (unpaired) electrons. The molecule has 2 aliphatic rings. The maximum atomic E-state index is 12.9. The summed E-state index contributed by atoms with van der Waals surface area (Å²) < 4.78 is 0. The smallest absolute Gasteiger partial charge is 0.256 e. The minimum absolute atomic E-state index is 0.0408. The van der Waals surface area contributed by atoms with E-state index in [2.05, 4.69) is 20.6 Å². The Morgan fingerprint density at radius 2 is 2.17 bits per heavy atom. The van der Waals surface area contributed by atoms with Crippen LogP contribution in [0.15, 0.2) is 36.8 Å². The number of hydrogen-bond acceptors (Lipinski definition) is 5. The zero-order valence-corrected chi connectivity index (χ0v) is 12.8. The summed E-state index contributed by atoms with van der Waals surface area (Å²) in [5.41, 5.74) is 2.64. The summed E-state index contributed by atoms with van der Waals surface area (Å²) in [6.07, 6.45) is 7.28. The van der Waals surface area contributed by atoms with Gasteiger partial charge in [0.05, 0.1) is 17.3 Å². The van der Waals surface area contributed by atoms with Crippen molar-refractivity contribution in [1.82, 2.24) is 14.9 Å². The highest BCUT2D eigenvalue weighted by Crippen LogP contribution is 2.33. The molecular weight excluding hydrogens is 290 g/mol. The molecule has 23 heavy (non-hydrogen) atoms. The van der Waals surface area contributed by atoms with Crippen LogP contribution in [0.25, 0.3) is 0 Å². The number of pyridine rings is 2. The Kier molecular flexibility index (Phi) is 3.57. The lowest BCUT2D eigenvalue weighted by Crippen LogP contribution is -2.31. The van der Waals surface area contributed by atoms with Gasteiger partial charge in [-0.15, -0.1) is 0 Å². The van der Waals surface area contributed by atoms with Crippen LogP contribution in [-0.4, -0.2) is 40.4 Å². The number of hydrogen-bond donors (Lipinski definition) is 2. The quantitative estimate of drug-likeness (QED) is 0.891. The number of aromatic nitrogens is 2. The van der Waals surface area contributed by atoms with E-state index >= 15 is 0 Å². The standard InChI is InChI=1S/C17H19N5O/c23-17(13-9-14-16(21-11-13)20-7-6-19-14)22-8-2-4-15(22)12-3-1-5-18-10-12/h1,3,5,9-11,15,19H,2,4,6-8H2,(H,20,21). The van der Waals surface area contributed by atoms with Gasteiger partial charge in [0, 0.05) is 38.2 Å². The molecule has 6 heteroatoms. The molecule has 0 spiro atoms. The van der Waals surface area contributed by atoms with Gasteiger partial charge in [-0.3, -0.25) is 9.78 Å². The maximum absolute atomic E-state index is 12.9. The Morgan fingerprint density at radius 3 is 3.04 bits per heavy atom. The fourth-order valence-corrected chi connectivity index (χ4v) is 3.33. The molecule has 0 aromatic carbocycles. The van der Waals surface area contributed by atoms with Crippen LogP contribution >= 0.6 is 0 Å². The fourth-order valence-electron chi connectivity index (χ4n) is 3.33. The second-order valence-corrected chi connectivity index (χ2v) is 5.92. The second kappa shape index (κ2) is 5.87. The van der Waals surface area contributed by atoms with E-state index in [-0.39, 0.29) is 11.9 Å². The van der Waals surface area contributed by atoms with Gasteiger partial charge < -0.3 is 15.5 Å². The van der Waals surface area contributed by atoms with E-state index in [1.807, 2.05) is 29.3 Å². The minimum Gasteiger partial charge on any atom is -0.380 e. The molecule has 2 aliphatic heterocycles. The molecular formula is C17H19N5O. The third kappa shape index (κ3) is 2.60. The van der Waals surface area contributed by atoms with Crippen LogP contribution in [0.4, 0.5) is 11.5 Å². The largest absolute Gasteiger partial charge is 0.380 e. The Hall–Kier alpha value is -2.63. The zero-order chi connectivity index (χ0) is 15.6. The molecule has 2 aromatic rings. The summed E-state index contributed by atoms with van der Waals surface area (Å²) in [6, 6.07) is 5.97. The summed E-state index contributed by atoms with van der Waals surface area (Å²) in [6.45, 7) is 2.47. The molecule has 0 aliphatic carbocycles. The van der Waals surface area contributed by atoms with Crippen LogP contribution in [0, 0.1) is 0 Å². The number of amides is 1. The molecule has 2 N–H and O–H groups in total. The number of nitrogens with zero attached hydrogens (tertiary/aromatic N) is 3. The number of rotatable bonds is 2. The van der Waals surface area contributed by atoms with Crippen molar-refractivity contribution < 1.29 is 4.79 Å². The molecule has 4 rings (SSSR count). The molecule has 1 saturated heterocycles. The first-order valence-electron chi connectivity index (χ1n) is 8.01. The minimum atomic E-state index is 0.0408. The van der Waals surface area contributed by atoms with E-state index < -0.39 is 0 Å². The Balaban J connectivity index is 1.61. The topological polar surface area (TPSA) is 70.2 Å². The number of carbonyl (C=O) groups excluding carboxylic acids is 1. The molecule has 6 nitrogen and oxygen atoms in total. The van der Waals surface area contributed by atoms with E-state index in [0.717, 1.165) is 49.5 Å². The van der Waals surface area contributed by atoms with Gasteiger partial charge in [0.25, 0.3) is 5.91 Å². The van der Waals surface area contributed by atoms with Crippen molar-refractivity contribution in [3.63, 3.8) is 0 Å². The first-order chi connectivity index (χ1) is 11.3. The predicted molar refractivity (Wildman–Crippen MR) is 88.5 cm³/mol. The van der Waals surface area contributed by atoms with Gasteiger partial charge in [0.15, 0.2) is 0 Å². The van der Waals surface area contributed by atoms with Crippen molar-refractivity contribution >= 4 is 17.4 Å². The summed E-state index contributed by atoms with van der Waals surface area (Å²) in [4.78, 5) is 23.4. The number of nitrogens with one attached hydrogen (secondary N) is 2. The van der Waals surface area contributed by atoms with Crippen LogP contribution in [0.1, 0.15) is 34.8 Å². The van der Waals surface area contributed by atoms with Crippen molar-refractivity contribution in [3.8, 4) is 0 Å². The first kappa shape index (κ1) is 14.0. The van der Waals surface area contributed by atoms with Gasteiger partial charge >= 0.3 is 0 Å². The fraction of sp³-hybridized carbons (Fsp3) is 0.353. The SMILES string of the molecule is O=C(c1cnc2c(c1)NCCN2)N1CCCC1c1cccnc1. The average molecular weight is 309 g/mol. The first-order valence-corrected chi connectivity index (χ1v) is 8.01. The van der Waals surface area contributed by atoms with Gasteiger partial charge in [-0.25, -0.2) is 4.98 Å². The van der Waals surface area contributed by atoms with Gasteiger partial charge in [0.1, 0.15) is 5.82 Å². The monoisotopic (exact) mass is 309 g/mol. The maximum Gasteiger partial charge on any atom is 0.256 e. The van der Waals surface area contributed by atoms with Crippen molar-refractivity contribution in [2.45, 2.75) is 18.9 Å². The highest BCUT2D eigenvalue weighted by molar-refractivity contribution is 5.96. The van der Waals surface area contributed by atoms with Gasteiger partial charge in [-0.05, 0) is 30.5 Å². The summed E-state index contributed by atoms with van der Waals surface area (Å²) in [5.74, 6) is 0.858. The van der Waals surface area contributed by atoms with Crippen LogP contribution in [0.5, 0.6) is 0 Å². The molecule has 1 unspecified atom stereocenters. The van der Waals surface area contributed by atoms with Crippen molar-refractivity contribution in [1.29, 1.82) is 0 Å². The van der Waals surface area contributed by atoms with Crippen molar-refractivity contribution in [3.05, 3.63) is 47.9 Å². The third-order valence-electron chi connectivity index (χ3n) is 4.45. The highest BCUT2D eigenvalue weighted by atomic mass is 16.2. The zero-order valence-electron chi connectivity index (χ0n) is 12.8. The van der Waals surface area contributed by atoms with Crippen LogP contribution in [0.2, 0.25) is 0 Å². The Labute approximate surface area is 134 Å². The molecule has 4 heterocycles. The van der Waals surface area contributed by atoms with E-state index in [9.17, 15) is 4.79 Å². The summed E-state index contributed by atoms with van der Waals surface area (Å²) in [5, 5.41) is 6.51. The number of carbonyl (C=O) groups is 1. The molecule has 118 valence electrons. The predicted octanol–water partition coefficient (Wildman–Crippen LogP) is 2.29. The van der Waals surface area contributed by atoms with Gasteiger partial charge in [-0.2, -0.15) is 0 Å². The van der Waals surface area contributed by atoms with Crippen molar-refractivity contribution in [2.24, 2.45) is 0 Å². The molecule has 1 fully saturated rings. The van der Waals surface area contributed by atoms with Crippen LogP contribution in [-0.2, 0) is 0 Å². The molecule has 0 bridgehead atoms. The van der Waals surface area contributed by atoms with E-state index in [1.165, 1.54) is 0 Å². The van der Waals surface area contributed by atoms with Gasteiger partial charge in [0.2, 0.25) is 0 Å². The molecule has 1 atom stereocenters. The van der Waals surface area contributed by atoms with E-state index in [4.69, 9.17) is 0 Å². The van der Waals surface area contributed by atoms with Crippen molar-refractivity contribution in [2.75, 3.05) is 30.3 Å². The molecule has 1 amide bonds. The third-order valence-corrected chi connectivity index (χ3v) is 4.45. The summed E-state index contributed by atoms with van der Waals surface area (Å²) in [7, 11) is 0. The number of anilines is 2. The number of fused-ring (bicyclic) bond motifs is 1. The molecule has 0 saturated carbocycles. The van der Waals surface area contributed by atoms with Crippen LogP contribution in [0.3, 0.4) is 0 Å². The molecule has 2 aromatic heterocycles. The second-order valence-electron chi connectivity index (χ2n) is 5.92. The van der Waals surface area contributed by atoms with Gasteiger partial charge in [-0.1, -0.05) is 6.07 Å². The lowest BCUT2D eigenvalue weighted by Gasteiger charge is -2.26. The Bertz CT molecular complexity index is 718.